The first-order chi connectivity index (χ1) is 14.1. The molecule has 1 aliphatic rings. The van der Waals surface area contributed by atoms with E-state index in [9.17, 15) is 0 Å². The molecule has 1 aliphatic heterocycles. The lowest BCUT2D eigenvalue weighted by Crippen LogP contribution is -2.08. The number of aryl methyl sites for hydroxylation is 1. The van der Waals surface area contributed by atoms with E-state index in [0.717, 1.165) is 53.4 Å². The molecule has 3 aromatic heterocycles. The Balaban J connectivity index is 1.60. The van der Waals surface area contributed by atoms with E-state index in [4.69, 9.17) is 4.42 Å². The summed E-state index contributed by atoms with van der Waals surface area (Å²) in [6.07, 6.45) is 2.91. The number of fused-ring (bicyclic) bond motifs is 1. The van der Waals surface area contributed by atoms with Crippen molar-refractivity contribution < 1.29 is 4.42 Å². The number of aromatic nitrogens is 4. The van der Waals surface area contributed by atoms with Gasteiger partial charge in [0.2, 0.25) is 11.8 Å². The van der Waals surface area contributed by atoms with Crippen LogP contribution in [-0.2, 0) is 0 Å². The molecule has 29 heavy (non-hydrogen) atoms. The molecule has 0 bridgehead atoms. The van der Waals surface area contributed by atoms with Gasteiger partial charge in [-0.1, -0.05) is 13.8 Å². The molecule has 4 heterocycles. The Morgan fingerprint density at radius 3 is 2.76 bits per heavy atom. The SMILES string of the molecule is Cc1cc(-c2[nH]c3ccc(-c4nnc([C@@H]5CCNC5)o4)cc3c2C(C)C)ccn1. The van der Waals surface area contributed by atoms with Crippen LogP contribution in [0.2, 0.25) is 0 Å². The minimum Gasteiger partial charge on any atom is -0.420 e. The van der Waals surface area contributed by atoms with Crippen LogP contribution in [-0.4, -0.2) is 33.3 Å². The lowest BCUT2D eigenvalue weighted by molar-refractivity contribution is 0.467. The topological polar surface area (TPSA) is 79.6 Å². The Hall–Kier alpha value is -2.99. The van der Waals surface area contributed by atoms with Gasteiger partial charge in [0.1, 0.15) is 0 Å². The predicted molar refractivity (Wildman–Crippen MR) is 114 cm³/mol. The van der Waals surface area contributed by atoms with Crippen LogP contribution in [0.4, 0.5) is 0 Å². The Bertz CT molecular complexity index is 1170. The number of rotatable bonds is 4. The Labute approximate surface area is 169 Å². The molecule has 6 heteroatoms. The van der Waals surface area contributed by atoms with Gasteiger partial charge in [0, 0.05) is 40.5 Å². The molecule has 0 amide bonds. The van der Waals surface area contributed by atoms with Crippen LogP contribution < -0.4 is 5.32 Å². The third kappa shape index (κ3) is 3.23. The van der Waals surface area contributed by atoms with Crippen molar-refractivity contribution in [3.8, 4) is 22.7 Å². The molecule has 4 aromatic rings. The lowest BCUT2D eigenvalue weighted by Gasteiger charge is -2.09. The minimum atomic E-state index is 0.319. The standard InChI is InChI=1S/C23H25N5O/c1-13(2)20-18-11-16(22-27-28-23(29-22)17-6-8-24-12-17)4-5-19(18)26-21(20)15-7-9-25-14(3)10-15/h4-5,7,9-11,13,17,24,26H,6,8,12H2,1-3H3/t17-/m1/s1. The van der Waals surface area contributed by atoms with Crippen molar-refractivity contribution in [2.45, 2.75) is 39.0 Å². The molecule has 1 fully saturated rings. The molecule has 2 N–H and O–H groups in total. The van der Waals surface area contributed by atoms with Crippen molar-refractivity contribution in [2.75, 3.05) is 13.1 Å². The van der Waals surface area contributed by atoms with E-state index in [1.54, 1.807) is 0 Å². The van der Waals surface area contributed by atoms with Gasteiger partial charge < -0.3 is 14.7 Å². The van der Waals surface area contributed by atoms with Gasteiger partial charge in [-0.15, -0.1) is 10.2 Å². The first-order valence-corrected chi connectivity index (χ1v) is 10.2. The monoisotopic (exact) mass is 387 g/mol. The van der Waals surface area contributed by atoms with E-state index >= 15 is 0 Å². The maximum absolute atomic E-state index is 6.03. The summed E-state index contributed by atoms with van der Waals surface area (Å²) in [4.78, 5) is 7.95. The summed E-state index contributed by atoms with van der Waals surface area (Å²) in [6, 6.07) is 10.5. The summed E-state index contributed by atoms with van der Waals surface area (Å²) in [6.45, 7) is 8.39. The average Bonchev–Trinajstić information content (AvgIpc) is 3.45. The Morgan fingerprint density at radius 1 is 1.10 bits per heavy atom. The second-order valence-electron chi connectivity index (χ2n) is 8.15. The normalized spacial score (nSPS) is 16.9. The van der Waals surface area contributed by atoms with Gasteiger partial charge >= 0.3 is 0 Å². The van der Waals surface area contributed by atoms with E-state index in [2.05, 4.69) is 69.7 Å². The molecule has 0 radical (unpaired) electrons. The fourth-order valence-electron chi connectivity index (χ4n) is 4.26. The van der Waals surface area contributed by atoms with Crippen LogP contribution in [0.1, 0.15) is 49.3 Å². The molecule has 0 aliphatic carbocycles. The zero-order valence-electron chi connectivity index (χ0n) is 17.0. The van der Waals surface area contributed by atoms with Gasteiger partial charge in [-0.25, -0.2) is 0 Å². The van der Waals surface area contributed by atoms with E-state index in [1.807, 2.05) is 13.1 Å². The van der Waals surface area contributed by atoms with Crippen molar-refractivity contribution in [3.63, 3.8) is 0 Å². The summed E-state index contributed by atoms with van der Waals surface area (Å²) in [7, 11) is 0. The Morgan fingerprint density at radius 2 is 2.00 bits per heavy atom. The van der Waals surface area contributed by atoms with Gasteiger partial charge in [0.25, 0.3) is 0 Å². The third-order valence-corrected chi connectivity index (χ3v) is 5.70. The molecule has 6 nitrogen and oxygen atoms in total. The van der Waals surface area contributed by atoms with Gasteiger partial charge in [-0.3, -0.25) is 4.98 Å². The molecule has 148 valence electrons. The number of hydrogen-bond donors (Lipinski definition) is 2. The molecule has 0 unspecified atom stereocenters. The van der Waals surface area contributed by atoms with E-state index < -0.39 is 0 Å². The highest BCUT2D eigenvalue weighted by molar-refractivity contribution is 5.93. The van der Waals surface area contributed by atoms with Crippen molar-refractivity contribution >= 4 is 10.9 Å². The molecule has 1 saturated heterocycles. The quantitative estimate of drug-likeness (QED) is 0.526. The fraction of sp³-hybridized carbons (Fsp3) is 0.348. The van der Waals surface area contributed by atoms with E-state index in [0.29, 0.717) is 17.7 Å². The molecule has 1 atom stereocenters. The summed E-state index contributed by atoms with van der Waals surface area (Å²) in [5, 5.41) is 13.2. The van der Waals surface area contributed by atoms with Crippen molar-refractivity contribution in [3.05, 3.63) is 53.7 Å². The predicted octanol–water partition coefficient (Wildman–Crippen LogP) is 4.79. The minimum absolute atomic E-state index is 0.319. The van der Waals surface area contributed by atoms with E-state index in [1.165, 1.54) is 10.9 Å². The zero-order chi connectivity index (χ0) is 20.0. The van der Waals surface area contributed by atoms with Crippen molar-refractivity contribution in [1.82, 2.24) is 25.5 Å². The third-order valence-electron chi connectivity index (χ3n) is 5.70. The number of pyridine rings is 1. The van der Waals surface area contributed by atoms with Gasteiger partial charge in [-0.05, 0) is 61.7 Å². The smallest absolute Gasteiger partial charge is 0.247 e. The first kappa shape index (κ1) is 18.1. The maximum Gasteiger partial charge on any atom is 0.247 e. The highest BCUT2D eigenvalue weighted by Crippen LogP contribution is 2.37. The van der Waals surface area contributed by atoms with Crippen molar-refractivity contribution in [1.29, 1.82) is 0 Å². The van der Waals surface area contributed by atoms with Crippen LogP contribution >= 0.6 is 0 Å². The van der Waals surface area contributed by atoms with Crippen LogP contribution in [0.25, 0.3) is 33.6 Å². The highest BCUT2D eigenvalue weighted by Gasteiger charge is 2.23. The summed E-state index contributed by atoms with van der Waals surface area (Å²) < 4.78 is 6.03. The number of nitrogens with zero attached hydrogens (tertiary/aromatic N) is 3. The Kier molecular flexibility index (Phi) is 4.43. The molecule has 5 rings (SSSR count). The molecular formula is C23H25N5O. The number of hydrogen-bond acceptors (Lipinski definition) is 5. The first-order valence-electron chi connectivity index (χ1n) is 10.2. The van der Waals surface area contributed by atoms with Crippen LogP contribution in [0.3, 0.4) is 0 Å². The summed E-state index contributed by atoms with van der Waals surface area (Å²) in [5.41, 5.74) is 6.69. The summed E-state index contributed by atoms with van der Waals surface area (Å²) >= 11 is 0. The molecule has 0 saturated carbocycles. The fourth-order valence-corrected chi connectivity index (χ4v) is 4.26. The number of aromatic amines is 1. The maximum atomic E-state index is 6.03. The van der Waals surface area contributed by atoms with Crippen LogP contribution in [0.15, 0.2) is 40.9 Å². The number of benzene rings is 1. The second kappa shape index (κ2) is 7.12. The van der Waals surface area contributed by atoms with Crippen molar-refractivity contribution in [2.24, 2.45) is 0 Å². The molecule has 1 aromatic carbocycles. The lowest BCUT2D eigenvalue weighted by atomic mass is 9.95. The van der Waals surface area contributed by atoms with Crippen LogP contribution in [0, 0.1) is 6.92 Å². The second-order valence-corrected chi connectivity index (χ2v) is 8.15. The van der Waals surface area contributed by atoms with E-state index in [-0.39, 0.29) is 0 Å². The zero-order valence-corrected chi connectivity index (χ0v) is 17.0. The largest absolute Gasteiger partial charge is 0.420 e. The highest BCUT2D eigenvalue weighted by atomic mass is 16.4. The number of nitrogens with one attached hydrogen (secondary N) is 2. The van der Waals surface area contributed by atoms with Gasteiger partial charge in [-0.2, -0.15) is 0 Å². The van der Waals surface area contributed by atoms with Crippen LogP contribution in [0.5, 0.6) is 0 Å². The average molecular weight is 387 g/mol. The summed E-state index contributed by atoms with van der Waals surface area (Å²) in [5.74, 6) is 2.01. The molecular weight excluding hydrogens is 362 g/mol. The van der Waals surface area contributed by atoms with Gasteiger partial charge in [0.15, 0.2) is 0 Å². The van der Waals surface area contributed by atoms with Gasteiger partial charge in [0.05, 0.1) is 11.6 Å². The molecule has 0 spiro atoms. The number of H-pyrrole nitrogens is 1.